The zero-order valence-electron chi connectivity index (χ0n) is 12.5. The first kappa shape index (κ1) is 16.2. The van der Waals surface area contributed by atoms with E-state index in [9.17, 15) is 18.0 Å². The van der Waals surface area contributed by atoms with Gasteiger partial charge in [-0.25, -0.2) is 0 Å². The molecule has 0 radical (unpaired) electrons. The molecule has 0 spiro atoms. The monoisotopic (exact) mass is 306 g/mol. The van der Waals surface area contributed by atoms with Crippen molar-refractivity contribution in [1.82, 2.24) is 0 Å². The molecule has 3 nitrogen and oxygen atoms in total. The number of ether oxygens (including phenoxy) is 2. The molecule has 0 aromatic carbocycles. The maximum atomic E-state index is 13.7. The van der Waals surface area contributed by atoms with Gasteiger partial charge in [0.05, 0.1) is 6.26 Å². The van der Waals surface area contributed by atoms with Gasteiger partial charge in [-0.2, -0.15) is 13.2 Å². The van der Waals surface area contributed by atoms with E-state index in [2.05, 4.69) is 6.58 Å². The molecule has 2 aliphatic rings. The number of hydrogen-bond donors (Lipinski definition) is 0. The van der Waals surface area contributed by atoms with Crippen LogP contribution in [0.5, 0.6) is 0 Å². The normalized spacial score (nSPS) is 35.6. The highest BCUT2D eigenvalue weighted by molar-refractivity contribution is 5.79. The fourth-order valence-electron chi connectivity index (χ4n) is 3.66. The molecular weight excluding hydrogens is 285 g/mol. The van der Waals surface area contributed by atoms with Crippen LogP contribution in [0.1, 0.15) is 40.0 Å². The number of carbonyl (C=O) groups excluding carboxylic acids is 1. The molecule has 2 rings (SSSR count). The lowest BCUT2D eigenvalue weighted by Gasteiger charge is -2.40. The number of fused-ring (bicyclic) bond motifs is 2. The molecule has 0 aromatic rings. The molecule has 0 N–H and O–H groups in total. The Morgan fingerprint density at radius 1 is 1.29 bits per heavy atom. The third-order valence-electron chi connectivity index (χ3n) is 4.45. The number of carbonyl (C=O) groups is 1. The van der Waals surface area contributed by atoms with Gasteiger partial charge in [-0.1, -0.05) is 6.58 Å². The van der Waals surface area contributed by atoms with Gasteiger partial charge in [0, 0.05) is 0 Å². The van der Waals surface area contributed by atoms with Crippen molar-refractivity contribution in [2.75, 3.05) is 0 Å². The number of hydrogen-bond acceptors (Lipinski definition) is 3. The Morgan fingerprint density at radius 3 is 2.29 bits per heavy atom. The van der Waals surface area contributed by atoms with Crippen molar-refractivity contribution < 1.29 is 27.4 Å². The summed E-state index contributed by atoms with van der Waals surface area (Å²) >= 11 is 0. The van der Waals surface area contributed by atoms with Crippen LogP contribution in [0.25, 0.3) is 0 Å². The molecule has 0 aromatic heterocycles. The summed E-state index contributed by atoms with van der Waals surface area (Å²) in [5, 5.41) is 0. The van der Waals surface area contributed by atoms with Crippen molar-refractivity contribution in [3.63, 3.8) is 0 Å². The summed E-state index contributed by atoms with van der Waals surface area (Å²) in [4.78, 5) is 12.3. The Bertz CT molecular complexity index is 438. The fourth-order valence-corrected chi connectivity index (χ4v) is 3.66. The third kappa shape index (κ3) is 2.64. The SMILES string of the molecule is C=COC1CC2CC1CC2(C(=O)OC(C)(C)C)C(F)(F)F. The Hall–Kier alpha value is -1.20. The van der Waals surface area contributed by atoms with E-state index in [1.165, 1.54) is 6.26 Å². The van der Waals surface area contributed by atoms with Gasteiger partial charge in [0.25, 0.3) is 0 Å². The second-order valence-corrected chi connectivity index (χ2v) is 6.94. The topological polar surface area (TPSA) is 35.5 Å². The molecule has 0 heterocycles. The highest BCUT2D eigenvalue weighted by Gasteiger charge is 2.72. The fraction of sp³-hybridized carbons (Fsp3) is 0.800. The zero-order chi connectivity index (χ0) is 16.1. The Balaban J connectivity index is 2.27. The maximum Gasteiger partial charge on any atom is 0.405 e. The molecule has 2 fully saturated rings. The van der Waals surface area contributed by atoms with Gasteiger partial charge in [-0.05, 0) is 51.9 Å². The minimum atomic E-state index is -4.60. The van der Waals surface area contributed by atoms with Crippen molar-refractivity contribution in [3.8, 4) is 0 Å². The molecule has 2 bridgehead atoms. The molecule has 0 amide bonds. The van der Waals surface area contributed by atoms with Crippen molar-refractivity contribution in [1.29, 1.82) is 0 Å². The van der Waals surface area contributed by atoms with Crippen molar-refractivity contribution in [3.05, 3.63) is 12.8 Å². The standard InChI is InChI=1S/C15H21F3O3/c1-5-20-11-7-10-6-9(11)8-14(10,15(16,17)18)12(19)21-13(2,3)4/h5,9-11H,1,6-8H2,2-4H3. The lowest BCUT2D eigenvalue weighted by Crippen LogP contribution is -2.52. The maximum absolute atomic E-state index is 13.7. The smallest absolute Gasteiger partial charge is 0.405 e. The summed E-state index contributed by atoms with van der Waals surface area (Å²) < 4.78 is 51.3. The van der Waals surface area contributed by atoms with E-state index in [0.717, 1.165) is 0 Å². The lowest BCUT2D eigenvalue weighted by molar-refractivity contribution is -0.255. The van der Waals surface area contributed by atoms with Gasteiger partial charge in [0.15, 0.2) is 5.41 Å². The molecule has 4 atom stereocenters. The van der Waals surface area contributed by atoms with Gasteiger partial charge in [-0.15, -0.1) is 0 Å². The zero-order valence-corrected chi connectivity index (χ0v) is 12.5. The summed E-state index contributed by atoms with van der Waals surface area (Å²) in [6.07, 6.45) is -3.31. The van der Waals surface area contributed by atoms with Crippen LogP contribution < -0.4 is 0 Å². The molecule has 4 unspecified atom stereocenters. The Morgan fingerprint density at radius 2 is 1.90 bits per heavy atom. The van der Waals surface area contributed by atoms with Gasteiger partial charge in [0.2, 0.25) is 0 Å². The predicted molar refractivity (Wildman–Crippen MR) is 70.2 cm³/mol. The summed E-state index contributed by atoms with van der Waals surface area (Å²) in [5.41, 5.74) is -3.32. The second-order valence-electron chi connectivity index (χ2n) is 6.94. The van der Waals surface area contributed by atoms with Crippen LogP contribution in [0, 0.1) is 17.3 Å². The van der Waals surface area contributed by atoms with Crippen LogP contribution in [0.15, 0.2) is 12.8 Å². The summed E-state index contributed by atoms with van der Waals surface area (Å²) in [6, 6.07) is 0. The average molecular weight is 306 g/mol. The van der Waals surface area contributed by atoms with Crippen LogP contribution in [0.3, 0.4) is 0 Å². The molecule has 2 aliphatic carbocycles. The summed E-state index contributed by atoms with van der Waals surface area (Å²) in [7, 11) is 0. The summed E-state index contributed by atoms with van der Waals surface area (Å²) in [6.45, 7) is 8.17. The van der Waals surface area contributed by atoms with Crippen LogP contribution in [0.4, 0.5) is 13.2 Å². The molecule has 0 aliphatic heterocycles. The molecule has 0 saturated heterocycles. The molecule has 120 valence electrons. The number of rotatable bonds is 3. The summed E-state index contributed by atoms with van der Waals surface area (Å²) in [5.74, 6) is -2.20. The van der Waals surface area contributed by atoms with Crippen molar-refractivity contribution in [2.45, 2.75) is 57.9 Å². The van der Waals surface area contributed by atoms with Crippen molar-refractivity contribution in [2.24, 2.45) is 17.3 Å². The van der Waals surface area contributed by atoms with Gasteiger partial charge in [-0.3, -0.25) is 4.79 Å². The first-order chi connectivity index (χ1) is 9.51. The Labute approximate surface area is 122 Å². The lowest BCUT2D eigenvalue weighted by atomic mass is 9.71. The number of alkyl halides is 3. The highest BCUT2D eigenvalue weighted by Crippen LogP contribution is 2.63. The first-order valence-electron chi connectivity index (χ1n) is 7.08. The first-order valence-corrected chi connectivity index (χ1v) is 7.08. The van der Waals surface area contributed by atoms with Crippen LogP contribution >= 0.6 is 0 Å². The van der Waals surface area contributed by atoms with Crippen LogP contribution in [-0.2, 0) is 14.3 Å². The Kier molecular flexibility index (Phi) is 3.79. The highest BCUT2D eigenvalue weighted by atomic mass is 19.4. The molecule has 2 saturated carbocycles. The molecular formula is C15H21F3O3. The quantitative estimate of drug-likeness (QED) is 0.587. The van der Waals surface area contributed by atoms with Crippen molar-refractivity contribution >= 4 is 5.97 Å². The van der Waals surface area contributed by atoms with Gasteiger partial charge < -0.3 is 9.47 Å². The van der Waals surface area contributed by atoms with E-state index in [-0.39, 0.29) is 24.9 Å². The second kappa shape index (κ2) is 4.92. The van der Waals surface area contributed by atoms with E-state index < -0.39 is 29.1 Å². The minimum Gasteiger partial charge on any atom is -0.498 e. The van der Waals surface area contributed by atoms with E-state index in [1.807, 2.05) is 0 Å². The van der Waals surface area contributed by atoms with Crippen LogP contribution in [0.2, 0.25) is 0 Å². The van der Waals surface area contributed by atoms with Crippen LogP contribution in [-0.4, -0.2) is 23.9 Å². The predicted octanol–water partition coefficient (Wildman–Crippen LogP) is 3.84. The van der Waals surface area contributed by atoms with E-state index in [0.29, 0.717) is 6.42 Å². The van der Waals surface area contributed by atoms with E-state index >= 15 is 0 Å². The molecule has 6 heteroatoms. The van der Waals surface area contributed by atoms with E-state index in [1.54, 1.807) is 20.8 Å². The minimum absolute atomic E-state index is 0.218. The third-order valence-corrected chi connectivity index (χ3v) is 4.45. The largest absolute Gasteiger partial charge is 0.498 e. The van der Waals surface area contributed by atoms with Gasteiger partial charge >= 0.3 is 12.1 Å². The van der Waals surface area contributed by atoms with E-state index in [4.69, 9.17) is 9.47 Å². The number of esters is 1. The average Bonchev–Trinajstić information content (AvgIpc) is 2.83. The molecule has 21 heavy (non-hydrogen) atoms. The van der Waals surface area contributed by atoms with Gasteiger partial charge in [0.1, 0.15) is 11.7 Å². The number of halogens is 3.